The van der Waals surface area contributed by atoms with E-state index in [1.165, 1.54) is 11.3 Å². The lowest BCUT2D eigenvalue weighted by atomic mass is 9.93. The highest BCUT2D eigenvalue weighted by Gasteiger charge is 2.19. The molecule has 0 saturated heterocycles. The maximum absolute atomic E-state index is 6.48. The van der Waals surface area contributed by atoms with E-state index in [0.29, 0.717) is 37.1 Å². The van der Waals surface area contributed by atoms with E-state index >= 15 is 0 Å². The molecule has 0 aliphatic heterocycles. The van der Waals surface area contributed by atoms with Gasteiger partial charge in [-0.1, -0.05) is 109 Å². The normalized spacial score (nSPS) is 12.6. The van der Waals surface area contributed by atoms with Crippen LogP contribution in [0.1, 0.15) is 46.4 Å². The van der Waals surface area contributed by atoms with Gasteiger partial charge in [0.1, 0.15) is 19.8 Å². The zero-order valence-electron chi connectivity index (χ0n) is 25.8. The van der Waals surface area contributed by atoms with Crippen LogP contribution in [-0.2, 0) is 32.7 Å². The Balaban J connectivity index is 1.29. The molecular formula is C41H36N2O3. The molecule has 46 heavy (non-hydrogen) atoms. The number of hydrogen-bond acceptors (Lipinski definition) is 5. The fourth-order valence-electron chi connectivity index (χ4n) is 5.86. The van der Waals surface area contributed by atoms with Crippen molar-refractivity contribution < 1.29 is 14.2 Å². The van der Waals surface area contributed by atoms with Crippen LogP contribution in [0.4, 0.5) is 5.69 Å². The molecule has 5 heteroatoms. The van der Waals surface area contributed by atoms with Crippen molar-refractivity contribution in [3.05, 3.63) is 161 Å². The minimum absolute atomic E-state index is 0.382. The minimum atomic E-state index is 0.382. The first-order chi connectivity index (χ1) is 22.8. The Kier molecular flexibility index (Phi) is 9.00. The molecule has 6 aromatic rings. The van der Waals surface area contributed by atoms with E-state index in [1.54, 1.807) is 0 Å². The van der Waals surface area contributed by atoms with Gasteiger partial charge < -0.3 is 14.2 Å². The highest BCUT2D eigenvalue weighted by molar-refractivity contribution is 5.95. The van der Waals surface area contributed by atoms with Crippen molar-refractivity contribution >= 4 is 22.8 Å². The molecule has 0 spiro atoms. The molecule has 7 rings (SSSR count). The lowest BCUT2D eigenvalue weighted by Crippen LogP contribution is -2.06. The number of fused-ring (bicyclic) bond motifs is 2. The summed E-state index contributed by atoms with van der Waals surface area (Å²) >= 11 is 0. The Labute approximate surface area is 270 Å². The lowest BCUT2D eigenvalue weighted by molar-refractivity contribution is 0.230. The molecule has 0 N–H and O–H groups in total. The van der Waals surface area contributed by atoms with Gasteiger partial charge in [0.05, 0.1) is 11.2 Å². The van der Waals surface area contributed by atoms with E-state index in [-0.39, 0.29) is 0 Å². The van der Waals surface area contributed by atoms with Gasteiger partial charge in [-0.15, -0.1) is 0 Å². The molecule has 0 atom stereocenters. The van der Waals surface area contributed by atoms with Gasteiger partial charge in [-0.05, 0) is 66.1 Å². The second-order valence-corrected chi connectivity index (χ2v) is 11.5. The summed E-state index contributed by atoms with van der Waals surface area (Å²) in [6, 6.07) is 42.7. The van der Waals surface area contributed by atoms with Crippen LogP contribution in [0.2, 0.25) is 0 Å². The largest absolute Gasteiger partial charge is 0.485 e. The smallest absolute Gasteiger partial charge is 0.203 e. The predicted molar refractivity (Wildman–Crippen MR) is 184 cm³/mol. The average Bonchev–Trinajstić information content (AvgIpc) is 3.12. The van der Waals surface area contributed by atoms with Gasteiger partial charge >= 0.3 is 0 Å². The number of hydrogen-bond donors (Lipinski definition) is 0. The number of aryl methyl sites for hydroxylation is 1. The quantitative estimate of drug-likeness (QED) is 0.138. The van der Waals surface area contributed by atoms with Gasteiger partial charge in [0.25, 0.3) is 0 Å². The summed E-state index contributed by atoms with van der Waals surface area (Å²) in [7, 11) is 0. The Morgan fingerprint density at radius 2 is 1.11 bits per heavy atom. The zero-order valence-corrected chi connectivity index (χ0v) is 25.8. The molecule has 0 saturated carbocycles. The topological polar surface area (TPSA) is 52.9 Å². The first-order valence-electron chi connectivity index (χ1n) is 15.9. The van der Waals surface area contributed by atoms with Gasteiger partial charge in [-0.25, -0.2) is 0 Å². The minimum Gasteiger partial charge on any atom is -0.485 e. The fourth-order valence-corrected chi connectivity index (χ4v) is 5.86. The number of aliphatic imine (C=N–C) groups is 1. The Bertz CT molecular complexity index is 1880. The summed E-state index contributed by atoms with van der Waals surface area (Å²) in [5, 5.41) is 1.07. The van der Waals surface area contributed by atoms with Crippen LogP contribution in [0, 0.1) is 0 Å². The van der Waals surface area contributed by atoms with E-state index < -0.39 is 0 Å². The first kappa shape index (κ1) is 29.3. The van der Waals surface area contributed by atoms with Crippen LogP contribution < -0.4 is 14.2 Å². The summed E-state index contributed by atoms with van der Waals surface area (Å²) in [4.78, 5) is 10.1. The van der Waals surface area contributed by atoms with Crippen LogP contribution >= 0.6 is 0 Å². The summed E-state index contributed by atoms with van der Waals surface area (Å²) < 4.78 is 19.4. The molecule has 0 unspecified atom stereocenters. The monoisotopic (exact) mass is 604 g/mol. The predicted octanol–water partition coefficient (Wildman–Crippen LogP) is 9.60. The number of nitrogens with zero attached hydrogens (tertiary/aromatic N) is 2. The second kappa shape index (κ2) is 14.1. The van der Waals surface area contributed by atoms with Gasteiger partial charge in [-0.2, -0.15) is 0 Å². The third-order valence-corrected chi connectivity index (χ3v) is 8.23. The summed E-state index contributed by atoms with van der Waals surface area (Å²) in [5.74, 6) is 1.78. The maximum Gasteiger partial charge on any atom is 0.203 e. The molecule has 0 fully saturated rings. The molecule has 0 amide bonds. The molecule has 5 aromatic carbocycles. The van der Waals surface area contributed by atoms with Gasteiger partial charge in [0, 0.05) is 22.9 Å². The van der Waals surface area contributed by atoms with Crippen LogP contribution in [0.3, 0.4) is 0 Å². The highest BCUT2D eigenvalue weighted by atomic mass is 16.5. The summed E-state index contributed by atoms with van der Waals surface area (Å²) in [5.41, 5.74) is 8.47. The van der Waals surface area contributed by atoms with Crippen molar-refractivity contribution in [3.8, 4) is 17.2 Å². The first-order valence-corrected chi connectivity index (χ1v) is 15.9. The van der Waals surface area contributed by atoms with Crippen molar-refractivity contribution in [2.24, 2.45) is 4.99 Å². The average molecular weight is 605 g/mol. The SMILES string of the molecule is C(=Nc1c2c(nc3ccccc13)CCCC2)c1cc(OCc2ccccc2)c(OCc2ccccc2)c(OCc2ccccc2)c1. The Hall–Kier alpha value is -5.42. The maximum atomic E-state index is 6.48. The van der Waals surface area contributed by atoms with Gasteiger partial charge in [0.15, 0.2) is 11.5 Å². The Morgan fingerprint density at radius 1 is 0.587 bits per heavy atom. The van der Waals surface area contributed by atoms with Crippen LogP contribution in [0.25, 0.3) is 10.9 Å². The Morgan fingerprint density at radius 3 is 1.72 bits per heavy atom. The van der Waals surface area contributed by atoms with Crippen molar-refractivity contribution in [1.29, 1.82) is 0 Å². The molecule has 1 aliphatic carbocycles. The van der Waals surface area contributed by atoms with Gasteiger partial charge in [0.2, 0.25) is 5.75 Å². The second-order valence-electron chi connectivity index (χ2n) is 11.5. The van der Waals surface area contributed by atoms with Crippen LogP contribution in [-0.4, -0.2) is 11.2 Å². The molecule has 1 aliphatic rings. The zero-order chi connectivity index (χ0) is 31.0. The lowest BCUT2D eigenvalue weighted by Gasteiger charge is -2.19. The number of pyridine rings is 1. The number of benzene rings is 5. The molecule has 1 aromatic heterocycles. The molecule has 0 bridgehead atoms. The third kappa shape index (κ3) is 6.94. The molecule has 1 heterocycles. The summed E-state index contributed by atoms with van der Waals surface area (Å²) in [6.45, 7) is 1.17. The van der Waals surface area contributed by atoms with E-state index in [1.807, 2.05) is 79.0 Å². The molecule has 228 valence electrons. The van der Waals surface area contributed by atoms with E-state index in [0.717, 1.165) is 64.5 Å². The summed E-state index contributed by atoms with van der Waals surface area (Å²) in [6.07, 6.45) is 6.21. The number of rotatable bonds is 11. The van der Waals surface area contributed by atoms with E-state index in [9.17, 15) is 0 Å². The molecule has 0 radical (unpaired) electrons. The van der Waals surface area contributed by atoms with Crippen molar-refractivity contribution in [3.63, 3.8) is 0 Å². The third-order valence-electron chi connectivity index (χ3n) is 8.23. The van der Waals surface area contributed by atoms with Crippen molar-refractivity contribution in [2.75, 3.05) is 0 Å². The number of aromatic nitrogens is 1. The van der Waals surface area contributed by atoms with Crippen molar-refractivity contribution in [2.45, 2.75) is 45.5 Å². The van der Waals surface area contributed by atoms with Crippen LogP contribution in [0.5, 0.6) is 17.2 Å². The number of ether oxygens (including phenoxy) is 3. The van der Waals surface area contributed by atoms with E-state index in [2.05, 4.69) is 54.6 Å². The van der Waals surface area contributed by atoms with E-state index in [4.69, 9.17) is 24.2 Å². The number of para-hydroxylation sites is 1. The molecular weight excluding hydrogens is 568 g/mol. The highest BCUT2D eigenvalue weighted by Crippen LogP contribution is 2.41. The standard InChI is InChI=1S/C41H36N2O3/c1-4-14-30(15-5-1)27-44-38-24-33(26-42-40-34-20-10-12-22-36(34)43-37-23-13-11-21-35(37)40)25-39(45-28-31-16-6-2-7-17-31)41(38)46-29-32-18-8-3-9-19-32/h1-10,12,14-20,22,24-26H,11,13,21,23,27-29H2. The van der Waals surface area contributed by atoms with Gasteiger partial charge in [-0.3, -0.25) is 9.98 Å². The van der Waals surface area contributed by atoms with Crippen molar-refractivity contribution in [1.82, 2.24) is 4.98 Å². The van der Waals surface area contributed by atoms with Crippen LogP contribution in [0.15, 0.2) is 132 Å². The fraction of sp³-hybridized carbons (Fsp3) is 0.171. The molecule has 5 nitrogen and oxygen atoms in total.